The van der Waals surface area contributed by atoms with E-state index in [0.29, 0.717) is 0 Å². The molecule has 1 unspecified atom stereocenters. The van der Waals surface area contributed by atoms with Gasteiger partial charge >= 0.3 is 0 Å². The van der Waals surface area contributed by atoms with Crippen LogP contribution in [-0.4, -0.2) is 50.7 Å². The molecule has 0 aliphatic heterocycles. The van der Waals surface area contributed by atoms with E-state index < -0.39 is 0 Å². The molecule has 0 aromatic rings. The average molecular weight is 658 g/mol. The lowest BCUT2D eigenvalue weighted by Gasteiger charge is -2.20. The lowest BCUT2D eigenvalue weighted by atomic mass is 10.1. The maximum atomic E-state index is 6.38. The second-order valence-corrected chi connectivity index (χ2v) is 14.0. The number of allylic oxidation sites excluding steroid dienone is 8. The molecule has 0 amide bonds. The van der Waals surface area contributed by atoms with Gasteiger partial charge in [-0.2, -0.15) is 5.06 Å². The fourth-order valence-corrected chi connectivity index (χ4v) is 6.30. The van der Waals surface area contributed by atoms with Crippen LogP contribution in [0, 0.1) is 0 Å². The molecule has 0 aromatic heterocycles. The molecule has 1 fully saturated rings. The third-order valence-electron chi connectivity index (χ3n) is 9.12. The largest absolute Gasteiger partial charge is 0.375 e. The molecule has 0 bridgehead atoms. The molecule has 1 saturated carbocycles. The molecule has 4 nitrogen and oxygen atoms in total. The van der Waals surface area contributed by atoms with E-state index in [-0.39, 0.29) is 18.3 Å². The average Bonchev–Trinajstić information content (AvgIpc) is 3.44. The third-order valence-corrected chi connectivity index (χ3v) is 9.12. The second kappa shape index (κ2) is 34.7. The first kappa shape index (κ1) is 43.8. The van der Waals surface area contributed by atoms with Gasteiger partial charge in [0.05, 0.1) is 18.3 Å². The fraction of sp³-hybridized carbons (Fsp3) is 0.814. The molecule has 47 heavy (non-hydrogen) atoms. The van der Waals surface area contributed by atoms with Crippen molar-refractivity contribution in [3.63, 3.8) is 0 Å². The topological polar surface area (TPSA) is 30.9 Å². The van der Waals surface area contributed by atoms with E-state index in [1.54, 1.807) is 0 Å². The van der Waals surface area contributed by atoms with E-state index in [1.807, 2.05) is 19.2 Å². The summed E-state index contributed by atoms with van der Waals surface area (Å²) in [6, 6.07) is 0. The Bertz CT molecular complexity index is 700. The molecule has 274 valence electrons. The summed E-state index contributed by atoms with van der Waals surface area (Å²) in [6.07, 6.45) is 51.7. The zero-order valence-corrected chi connectivity index (χ0v) is 31.8. The highest BCUT2D eigenvalue weighted by Gasteiger charge is 2.37. The Balaban J connectivity index is 2.04. The number of hydrogen-bond donors (Lipinski definition) is 0. The van der Waals surface area contributed by atoms with E-state index >= 15 is 0 Å². The standard InChI is InChI=1S/C43H79NO3/c1-5-7-9-11-13-15-17-19-21-23-25-27-29-31-33-35-37-45-42-39-41(47-44(3)4)40-43(42)46-38-36-34-32-30-28-26-24-22-20-18-16-14-12-10-8-6-2/h13-16,19-22,41-43H,5-12,17-18,23-40H2,1-4H3/t41?,42-,43+. The molecule has 1 rings (SSSR count). The van der Waals surface area contributed by atoms with Crippen molar-refractivity contribution in [1.29, 1.82) is 0 Å². The Kier molecular flexibility index (Phi) is 32.3. The summed E-state index contributed by atoms with van der Waals surface area (Å²) in [5.41, 5.74) is 0. The van der Waals surface area contributed by atoms with Crippen LogP contribution < -0.4 is 0 Å². The Hall–Kier alpha value is -1.20. The summed E-state index contributed by atoms with van der Waals surface area (Å²) < 4.78 is 12.8. The highest BCUT2D eigenvalue weighted by molar-refractivity contribution is 4.93. The molecule has 0 saturated heterocycles. The second-order valence-electron chi connectivity index (χ2n) is 14.0. The minimum Gasteiger partial charge on any atom is -0.375 e. The lowest BCUT2D eigenvalue weighted by Crippen LogP contribution is -2.27. The molecule has 0 spiro atoms. The number of unbranched alkanes of at least 4 members (excludes halogenated alkanes) is 18. The van der Waals surface area contributed by atoms with E-state index in [9.17, 15) is 0 Å². The summed E-state index contributed by atoms with van der Waals surface area (Å²) in [4.78, 5) is 6.00. The van der Waals surface area contributed by atoms with Gasteiger partial charge in [-0.05, 0) is 77.0 Å². The third kappa shape index (κ3) is 29.4. The van der Waals surface area contributed by atoms with Crippen LogP contribution in [0.4, 0.5) is 0 Å². The first-order chi connectivity index (χ1) is 23.2. The Morgan fingerprint density at radius 1 is 0.447 bits per heavy atom. The minimum absolute atomic E-state index is 0.169. The van der Waals surface area contributed by atoms with Crippen molar-refractivity contribution in [3.05, 3.63) is 48.6 Å². The summed E-state index contributed by atoms with van der Waals surface area (Å²) in [5.74, 6) is 0. The highest BCUT2D eigenvalue weighted by Crippen LogP contribution is 2.29. The molecule has 0 aromatic carbocycles. The van der Waals surface area contributed by atoms with Crippen LogP contribution in [0.25, 0.3) is 0 Å². The molecule has 0 radical (unpaired) electrons. The van der Waals surface area contributed by atoms with Gasteiger partial charge in [-0.3, -0.25) is 4.84 Å². The molecule has 0 N–H and O–H groups in total. The van der Waals surface area contributed by atoms with E-state index in [4.69, 9.17) is 14.3 Å². The van der Waals surface area contributed by atoms with Crippen LogP contribution in [0.5, 0.6) is 0 Å². The predicted octanol–water partition coefficient (Wildman–Crippen LogP) is 13.0. The highest BCUT2D eigenvalue weighted by atomic mass is 16.7. The van der Waals surface area contributed by atoms with Gasteiger partial charge in [0.25, 0.3) is 0 Å². The van der Waals surface area contributed by atoms with Crippen molar-refractivity contribution in [2.45, 2.75) is 199 Å². The number of hydroxylamine groups is 2. The van der Waals surface area contributed by atoms with E-state index in [1.165, 1.54) is 128 Å². The SMILES string of the molecule is CCCCCC=CCC=CCCCCCCCCO[C@H]1CC(ON(C)C)C[C@H]1OCCCCCCCCC=CCC=CCCCCC. The van der Waals surface area contributed by atoms with Crippen molar-refractivity contribution >= 4 is 0 Å². The molecule has 0 heterocycles. The van der Waals surface area contributed by atoms with Gasteiger partial charge in [0.1, 0.15) is 0 Å². The maximum Gasteiger partial charge on any atom is 0.0863 e. The molecular weight excluding hydrogens is 578 g/mol. The number of nitrogens with zero attached hydrogens (tertiary/aromatic N) is 1. The zero-order chi connectivity index (χ0) is 33.9. The zero-order valence-electron chi connectivity index (χ0n) is 31.8. The Labute approximate surface area is 293 Å². The summed E-state index contributed by atoms with van der Waals surface area (Å²) in [5, 5.41) is 1.83. The first-order valence-corrected chi connectivity index (χ1v) is 20.3. The van der Waals surface area contributed by atoms with E-state index in [2.05, 4.69) is 62.5 Å². The van der Waals surface area contributed by atoms with Gasteiger partial charge in [-0.15, -0.1) is 0 Å². The quantitative estimate of drug-likeness (QED) is 0.0391. The molecule has 4 heteroatoms. The monoisotopic (exact) mass is 658 g/mol. The van der Waals surface area contributed by atoms with Gasteiger partial charge in [0.15, 0.2) is 0 Å². The number of hydrogen-bond acceptors (Lipinski definition) is 4. The van der Waals surface area contributed by atoms with Gasteiger partial charge in [0, 0.05) is 40.2 Å². The van der Waals surface area contributed by atoms with Gasteiger partial charge < -0.3 is 9.47 Å². The Morgan fingerprint density at radius 2 is 0.787 bits per heavy atom. The van der Waals surface area contributed by atoms with Crippen molar-refractivity contribution in [3.8, 4) is 0 Å². The predicted molar refractivity (Wildman–Crippen MR) is 206 cm³/mol. The van der Waals surface area contributed by atoms with Gasteiger partial charge in [-0.1, -0.05) is 140 Å². The van der Waals surface area contributed by atoms with Crippen LogP contribution in [0.2, 0.25) is 0 Å². The first-order valence-electron chi connectivity index (χ1n) is 20.3. The molecular formula is C43H79NO3. The lowest BCUT2D eigenvalue weighted by molar-refractivity contribution is -0.165. The van der Waals surface area contributed by atoms with Crippen molar-refractivity contribution in [1.82, 2.24) is 5.06 Å². The number of rotatable bonds is 34. The van der Waals surface area contributed by atoms with Crippen LogP contribution in [0.15, 0.2) is 48.6 Å². The fourth-order valence-electron chi connectivity index (χ4n) is 6.30. The normalized spacial score (nSPS) is 18.9. The Morgan fingerprint density at radius 3 is 1.15 bits per heavy atom. The molecule has 1 aliphatic carbocycles. The van der Waals surface area contributed by atoms with Crippen LogP contribution in [-0.2, 0) is 14.3 Å². The molecule has 3 atom stereocenters. The van der Waals surface area contributed by atoms with Crippen LogP contribution in [0.3, 0.4) is 0 Å². The van der Waals surface area contributed by atoms with Crippen molar-refractivity contribution in [2.24, 2.45) is 0 Å². The van der Waals surface area contributed by atoms with Crippen molar-refractivity contribution in [2.75, 3.05) is 27.3 Å². The van der Waals surface area contributed by atoms with Gasteiger partial charge in [-0.25, -0.2) is 0 Å². The van der Waals surface area contributed by atoms with Crippen molar-refractivity contribution < 1.29 is 14.3 Å². The van der Waals surface area contributed by atoms with E-state index in [0.717, 1.165) is 51.7 Å². The minimum atomic E-state index is 0.169. The maximum absolute atomic E-state index is 6.38. The summed E-state index contributed by atoms with van der Waals surface area (Å²) >= 11 is 0. The van der Waals surface area contributed by atoms with Crippen LogP contribution >= 0.6 is 0 Å². The van der Waals surface area contributed by atoms with Gasteiger partial charge in [0.2, 0.25) is 0 Å². The molecule has 1 aliphatic rings. The smallest absolute Gasteiger partial charge is 0.0863 e. The summed E-state index contributed by atoms with van der Waals surface area (Å²) in [6.45, 7) is 6.22. The number of ether oxygens (including phenoxy) is 2. The summed E-state index contributed by atoms with van der Waals surface area (Å²) in [7, 11) is 3.94. The van der Waals surface area contributed by atoms with Crippen LogP contribution in [0.1, 0.15) is 181 Å².